The van der Waals surface area contributed by atoms with E-state index in [1.165, 1.54) is 11.8 Å². The summed E-state index contributed by atoms with van der Waals surface area (Å²) in [5.41, 5.74) is 2.61. The topological polar surface area (TPSA) is 49.4 Å². The number of halogens is 3. The summed E-state index contributed by atoms with van der Waals surface area (Å²) in [7, 11) is 0. The van der Waals surface area contributed by atoms with Gasteiger partial charge in [0.1, 0.15) is 6.04 Å². The van der Waals surface area contributed by atoms with E-state index >= 15 is 0 Å². The smallest absolute Gasteiger partial charge is 0.243 e. The van der Waals surface area contributed by atoms with E-state index < -0.39 is 6.04 Å². The van der Waals surface area contributed by atoms with Gasteiger partial charge in [-0.1, -0.05) is 97.2 Å². The lowest BCUT2D eigenvalue weighted by Gasteiger charge is -2.32. The Morgan fingerprint density at radius 3 is 2.19 bits per heavy atom. The first-order chi connectivity index (χ1) is 17.7. The third-order valence-corrected chi connectivity index (χ3v) is 7.66. The Morgan fingerprint density at radius 1 is 0.892 bits per heavy atom. The number of amides is 2. The van der Waals surface area contributed by atoms with Crippen molar-refractivity contribution in [2.75, 3.05) is 12.3 Å². The minimum atomic E-state index is -0.729. The molecule has 0 spiro atoms. The highest BCUT2D eigenvalue weighted by atomic mass is 35.5. The van der Waals surface area contributed by atoms with E-state index in [1.807, 2.05) is 68.4 Å². The molecule has 2 amide bonds. The minimum Gasteiger partial charge on any atom is -0.354 e. The number of carbonyl (C=O) groups excluding carboxylic acids is 2. The Kier molecular flexibility index (Phi) is 11.7. The lowest BCUT2D eigenvalue weighted by Crippen LogP contribution is -2.51. The van der Waals surface area contributed by atoms with Crippen LogP contribution in [-0.2, 0) is 28.3 Å². The van der Waals surface area contributed by atoms with Crippen molar-refractivity contribution in [2.24, 2.45) is 5.92 Å². The standard InChI is InChI=1S/C29H31Cl3N2O2S/c1-20(2)16-33-29(36)27(15-21-8-4-3-5-9-21)34(17-24-25(31)12-7-13-26(24)32)28(35)19-37-18-22-10-6-11-23(30)14-22/h3-14,20,27H,15-19H2,1-2H3,(H,33,36)/t27-/m0/s1. The van der Waals surface area contributed by atoms with Crippen LogP contribution in [0.2, 0.25) is 15.1 Å². The van der Waals surface area contributed by atoms with Gasteiger partial charge < -0.3 is 10.2 Å². The fraction of sp³-hybridized carbons (Fsp3) is 0.310. The van der Waals surface area contributed by atoms with Gasteiger partial charge in [-0.3, -0.25) is 9.59 Å². The van der Waals surface area contributed by atoms with Gasteiger partial charge in [-0.25, -0.2) is 0 Å². The van der Waals surface area contributed by atoms with E-state index in [1.54, 1.807) is 23.1 Å². The molecule has 1 N–H and O–H groups in total. The highest BCUT2D eigenvalue weighted by Gasteiger charge is 2.31. The molecule has 0 unspecified atom stereocenters. The molecule has 0 fully saturated rings. The summed E-state index contributed by atoms with van der Waals surface area (Å²) in [6, 6.07) is 21.8. The van der Waals surface area contributed by atoms with Crippen LogP contribution in [0.25, 0.3) is 0 Å². The molecule has 0 aliphatic carbocycles. The summed E-state index contributed by atoms with van der Waals surface area (Å²) >= 11 is 20.6. The molecule has 0 aromatic heterocycles. The predicted molar refractivity (Wildman–Crippen MR) is 156 cm³/mol. The molecular formula is C29H31Cl3N2O2S. The fourth-order valence-electron chi connectivity index (χ4n) is 3.80. The van der Waals surface area contributed by atoms with Gasteiger partial charge in [0.25, 0.3) is 0 Å². The van der Waals surface area contributed by atoms with E-state index in [0.717, 1.165) is 11.1 Å². The van der Waals surface area contributed by atoms with Crippen LogP contribution < -0.4 is 5.32 Å². The molecule has 3 rings (SSSR count). The maximum absolute atomic E-state index is 13.7. The number of benzene rings is 3. The van der Waals surface area contributed by atoms with Gasteiger partial charge >= 0.3 is 0 Å². The third-order valence-electron chi connectivity index (χ3n) is 5.73. The molecule has 0 bridgehead atoms. The van der Waals surface area contributed by atoms with Gasteiger partial charge in [0.05, 0.1) is 5.75 Å². The van der Waals surface area contributed by atoms with Crippen LogP contribution in [0.5, 0.6) is 0 Å². The molecule has 0 aliphatic heterocycles. The van der Waals surface area contributed by atoms with Crippen LogP contribution in [0.1, 0.15) is 30.5 Å². The first-order valence-corrected chi connectivity index (χ1v) is 14.4. The van der Waals surface area contributed by atoms with Crippen LogP contribution in [-0.4, -0.2) is 35.1 Å². The number of thioether (sulfide) groups is 1. The van der Waals surface area contributed by atoms with Crippen molar-refractivity contribution in [3.8, 4) is 0 Å². The summed E-state index contributed by atoms with van der Waals surface area (Å²) in [6.45, 7) is 4.71. The Bertz CT molecular complexity index is 1170. The Labute approximate surface area is 238 Å². The number of hydrogen-bond acceptors (Lipinski definition) is 3. The normalized spacial score (nSPS) is 11.8. The van der Waals surface area contributed by atoms with Gasteiger partial charge in [0, 0.05) is 45.9 Å². The lowest BCUT2D eigenvalue weighted by atomic mass is 10.0. The van der Waals surface area contributed by atoms with Crippen molar-refractivity contribution in [3.63, 3.8) is 0 Å². The second kappa shape index (κ2) is 14.7. The molecule has 4 nitrogen and oxygen atoms in total. The van der Waals surface area contributed by atoms with E-state index in [9.17, 15) is 9.59 Å². The zero-order valence-electron chi connectivity index (χ0n) is 20.9. The van der Waals surface area contributed by atoms with Crippen molar-refractivity contribution in [3.05, 3.63) is 105 Å². The Hall–Kier alpha value is -2.18. The van der Waals surface area contributed by atoms with Crippen molar-refractivity contribution in [1.82, 2.24) is 10.2 Å². The largest absolute Gasteiger partial charge is 0.354 e. The maximum atomic E-state index is 13.7. The molecule has 0 saturated heterocycles. The van der Waals surface area contributed by atoms with Crippen molar-refractivity contribution in [2.45, 2.75) is 38.6 Å². The molecule has 3 aromatic rings. The predicted octanol–water partition coefficient (Wildman–Crippen LogP) is 7.29. The van der Waals surface area contributed by atoms with Gasteiger partial charge in [-0.15, -0.1) is 11.8 Å². The molecule has 37 heavy (non-hydrogen) atoms. The number of nitrogens with zero attached hydrogens (tertiary/aromatic N) is 1. The molecule has 3 aromatic carbocycles. The summed E-state index contributed by atoms with van der Waals surface area (Å²) in [4.78, 5) is 28.8. The summed E-state index contributed by atoms with van der Waals surface area (Å²) in [5.74, 6) is 0.724. The zero-order chi connectivity index (χ0) is 26.8. The van der Waals surface area contributed by atoms with E-state index in [2.05, 4.69) is 5.32 Å². The van der Waals surface area contributed by atoms with Gasteiger partial charge in [-0.2, -0.15) is 0 Å². The summed E-state index contributed by atoms with van der Waals surface area (Å²) in [6.07, 6.45) is 0.373. The molecule has 0 heterocycles. The van der Waals surface area contributed by atoms with Crippen LogP contribution in [0.3, 0.4) is 0 Å². The van der Waals surface area contributed by atoms with Gasteiger partial charge in [-0.05, 0) is 41.3 Å². The number of carbonyl (C=O) groups is 2. The first-order valence-electron chi connectivity index (χ1n) is 12.1. The van der Waals surface area contributed by atoms with E-state index in [4.69, 9.17) is 34.8 Å². The summed E-state index contributed by atoms with van der Waals surface area (Å²) in [5, 5.41) is 4.59. The van der Waals surface area contributed by atoms with Crippen LogP contribution >= 0.6 is 46.6 Å². The number of nitrogens with one attached hydrogen (secondary N) is 1. The molecule has 196 valence electrons. The molecule has 0 saturated carbocycles. The minimum absolute atomic E-state index is 0.127. The van der Waals surface area contributed by atoms with E-state index in [0.29, 0.717) is 39.3 Å². The van der Waals surface area contributed by atoms with Crippen molar-refractivity contribution < 1.29 is 9.59 Å². The highest BCUT2D eigenvalue weighted by Crippen LogP contribution is 2.28. The monoisotopic (exact) mass is 576 g/mol. The van der Waals surface area contributed by atoms with Crippen molar-refractivity contribution >= 4 is 58.4 Å². The molecule has 0 aliphatic rings. The highest BCUT2D eigenvalue weighted by molar-refractivity contribution is 7.99. The van der Waals surface area contributed by atoms with Gasteiger partial charge in [0.2, 0.25) is 11.8 Å². The fourth-order valence-corrected chi connectivity index (χ4v) is 5.38. The maximum Gasteiger partial charge on any atom is 0.243 e. The number of rotatable bonds is 12. The van der Waals surface area contributed by atoms with Gasteiger partial charge in [0.15, 0.2) is 0 Å². The van der Waals surface area contributed by atoms with Crippen LogP contribution in [0.4, 0.5) is 0 Å². The molecule has 0 radical (unpaired) electrons. The lowest BCUT2D eigenvalue weighted by molar-refractivity contribution is -0.139. The molecular weight excluding hydrogens is 547 g/mol. The molecule has 1 atom stereocenters. The van der Waals surface area contributed by atoms with Crippen LogP contribution in [0.15, 0.2) is 72.8 Å². The Morgan fingerprint density at radius 2 is 1.54 bits per heavy atom. The Balaban J connectivity index is 1.89. The van der Waals surface area contributed by atoms with Crippen LogP contribution in [0, 0.1) is 5.92 Å². The average molecular weight is 578 g/mol. The SMILES string of the molecule is CC(C)CNC(=O)[C@H](Cc1ccccc1)N(Cc1c(Cl)cccc1Cl)C(=O)CSCc1cccc(Cl)c1. The zero-order valence-corrected chi connectivity index (χ0v) is 24.0. The summed E-state index contributed by atoms with van der Waals surface area (Å²) < 4.78 is 0. The second-order valence-corrected chi connectivity index (χ2v) is 11.4. The molecule has 8 heteroatoms. The van der Waals surface area contributed by atoms with Crippen molar-refractivity contribution in [1.29, 1.82) is 0 Å². The third kappa shape index (κ3) is 9.26. The average Bonchev–Trinajstić information content (AvgIpc) is 2.86. The first kappa shape index (κ1) is 29.4. The quantitative estimate of drug-likeness (QED) is 0.246. The number of hydrogen-bond donors (Lipinski definition) is 1. The van der Waals surface area contributed by atoms with E-state index in [-0.39, 0.29) is 30.0 Å². The second-order valence-electron chi connectivity index (χ2n) is 9.19.